The monoisotopic (exact) mass is 446 g/mol. The summed E-state index contributed by atoms with van der Waals surface area (Å²) in [6.07, 6.45) is 0. The topological polar surface area (TPSA) is 61.6 Å². The van der Waals surface area contributed by atoms with Crippen molar-refractivity contribution < 1.29 is 4.79 Å². The number of anilines is 2. The molecule has 0 spiro atoms. The lowest BCUT2D eigenvalue weighted by Crippen LogP contribution is -2.46. The highest BCUT2D eigenvalue weighted by Crippen LogP contribution is 2.27. The van der Waals surface area contributed by atoms with E-state index in [4.69, 9.17) is 5.73 Å². The lowest BCUT2D eigenvalue weighted by molar-refractivity contribution is 0.102. The van der Waals surface area contributed by atoms with E-state index >= 15 is 0 Å². The normalized spacial score (nSPS) is 13.6. The van der Waals surface area contributed by atoms with E-state index in [0.29, 0.717) is 12.1 Å². The van der Waals surface area contributed by atoms with Gasteiger partial charge >= 0.3 is 0 Å². The van der Waals surface area contributed by atoms with Crippen molar-refractivity contribution in [3.05, 3.63) is 59.7 Å². The number of nitrogens with two attached hydrogens (primary N) is 1. The molecule has 0 aromatic heterocycles. The molecule has 2 aromatic rings. The third-order valence-electron chi connectivity index (χ3n) is 4.76. The van der Waals surface area contributed by atoms with Crippen molar-refractivity contribution in [1.82, 2.24) is 4.90 Å². The van der Waals surface area contributed by atoms with Crippen molar-refractivity contribution in [3.63, 3.8) is 0 Å². The molecular weight excluding hydrogens is 419 g/mol. The fourth-order valence-corrected chi connectivity index (χ4v) is 3.15. The van der Waals surface area contributed by atoms with Crippen LogP contribution in [0.15, 0.2) is 48.5 Å². The number of nitrogens with zero attached hydrogens (tertiary/aromatic N) is 2. The highest BCUT2D eigenvalue weighted by molar-refractivity contribution is 6.06. The molecule has 1 aliphatic heterocycles. The van der Waals surface area contributed by atoms with Gasteiger partial charge < -0.3 is 20.9 Å². The van der Waals surface area contributed by atoms with E-state index in [2.05, 4.69) is 28.1 Å². The van der Waals surface area contributed by atoms with Crippen LogP contribution in [0, 0.1) is 0 Å². The van der Waals surface area contributed by atoms with Crippen LogP contribution < -0.4 is 16.0 Å². The average Bonchev–Trinajstić information content (AvgIpc) is 2.68. The van der Waals surface area contributed by atoms with Crippen molar-refractivity contribution >= 4 is 54.5 Å². The Bertz CT molecular complexity index is 720. The number of para-hydroxylation sites is 2. The quantitative estimate of drug-likeness (QED) is 0.732. The second-order valence-corrected chi connectivity index (χ2v) is 6.29. The van der Waals surface area contributed by atoms with Gasteiger partial charge in [0.05, 0.1) is 11.4 Å². The first kappa shape index (κ1) is 26.5. The second kappa shape index (κ2) is 12.9. The molecule has 2 aromatic carbocycles. The number of carbonyl (C=O) groups excluding carboxylic acids is 1. The Morgan fingerprint density at radius 1 is 0.964 bits per heavy atom. The number of hydrogen-bond donors (Lipinski definition) is 2. The van der Waals surface area contributed by atoms with Gasteiger partial charge in [0.15, 0.2) is 0 Å². The molecule has 28 heavy (non-hydrogen) atoms. The van der Waals surface area contributed by atoms with Gasteiger partial charge in [-0.25, -0.2) is 0 Å². The predicted octanol–water partition coefficient (Wildman–Crippen LogP) is 3.80. The Kier molecular flexibility index (Phi) is 12.2. The number of nitrogens with one attached hydrogen (secondary N) is 1. The lowest BCUT2D eigenvalue weighted by atomic mass is 10.1. The van der Waals surface area contributed by atoms with Crippen LogP contribution in [0.2, 0.25) is 0 Å². The van der Waals surface area contributed by atoms with Crippen molar-refractivity contribution in [2.24, 2.45) is 5.73 Å². The first-order valence-electron chi connectivity index (χ1n) is 8.88. The van der Waals surface area contributed by atoms with Gasteiger partial charge in [-0.3, -0.25) is 4.79 Å². The molecule has 3 rings (SSSR count). The first-order valence-corrected chi connectivity index (χ1v) is 8.88. The van der Waals surface area contributed by atoms with Crippen LogP contribution in [-0.2, 0) is 6.54 Å². The molecule has 1 aliphatic rings. The summed E-state index contributed by atoms with van der Waals surface area (Å²) < 4.78 is 0. The summed E-state index contributed by atoms with van der Waals surface area (Å²) in [4.78, 5) is 17.4. The van der Waals surface area contributed by atoms with Crippen molar-refractivity contribution in [2.45, 2.75) is 13.5 Å². The van der Waals surface area contributed by atoms with E-state index in [1.807, 2.05) is 42.5 Å². The van der Waals surface area contributed by atoms with Crippen LogP contribution in [0.5, 0.6) is 0 Å². The van der Waals surface area contributed by atoms with Gasteiger partial charge in [0, 0.05) is 38.3 Å². The van der Waals surface area contributed by atoms with Gasteiger partial charge in [-0.15, -0.1) is 37.2 Å². The Morgan fingerprint density at radius 3 is 2.14 bits per heavy atom. The number of piperazine rings is 1. The molecule has 1 heterocycles. The largest absolute Gasteiger partial charge is 0.367 e. The third kappa shape index (κ3) is 6.54. The van der Waals surface area contributed by atoms with Crippen LogP contribution >= 0.6 is 37.2 Å². The third-order valence-corrected chi connectivity index (χ3v) is 4.76. The Hall–Kier alpha value is -1.50. The molecule has 1 fully saturated rings. The molecule has 0 aliphatic carbocycles. The summed E-state index contributed by atoms with van der Waals surface area (Å²) in [6.45, 7) is 7.83. The minimum atomic E-state index is -0.0942. The van der Waals surface area contributed by atoms with E-state index in [9.17, 15) is 4.79 Å². The summed E-state index contributed by atoms with van der Waals surface area (Å²) in [5.74, 6) is -0.0942. The first-order chi connectivity index (χ1) is 12.2. The van der Waals surface area contributed by atoms with Crippen LogP contribution in [0.4, 0.5) is 11.4 Å². The molecule has 1 amide bonds. The van der Waals surface area contributed by atoms with E-state index in [-0.39, 0.29) is 43.1 Å². The molecule has 0 saturated carbocycles. The summed E-state index contributed by atoms with van der Waals surface area (Å²) in [5, 5.41) is 3.06. The Labute approximate surface area is 185 Å². The van der Waals surface area contributed by atoms with Crippen molar-refractivity contribution in [1.29, 1.82) is 0 Å². The van der Waals surface area contributed by atoms with Gasteiger partial charge in [0.1, 0.15) is 0 Å². The van der Waals surface area contributed by atoms with Crippen molar-refractivity contribution in [3.8, 4) is 0 Å². The van der Waals surface area contributed by atoms with E-state index < -0.39 is 0 Å². The molecule has 0 bridgehead atoms. The van der Waals surface area contributed by atoms with Crippen LogP contribution in [0.25, 0.3) is 0 Å². The molecule has 156 valence electrons. The molecule has 0 radical (unpaired) electrons. The number of rotatable bonds is 5. The zero-order valence-corrected chi connectivity index (χ0v) is 18.4. The van der Waals surface area contributed by atoms with Gasteiger partial charge in [0.25, 0.3) is 5.91 Å². The second-order valence-electron chi connectivity index (χ2n) is 6.29. The standard InChI is InChI=1S/C20H26N4O.3ClH/c1-2-23-11-13-24(14-12-23)19-6-4-3-5-18(19)22-20(25)17-9-7-16(15-21)8-10-17;;;/h3-10H,2,11-15,21H2,1H3,(H,22,25);3*1H. The summed E-state index contributed by atoms with van der Waals surface area (Å²) >= 11 is 0. The fraction of sp³-hybridized carbons (Fsp3) is 0.350. The summed E-state index contributed by atoms with van der Waals surface area (Å²) in [5.41, 5.74) is 9.22. The average molecular weight is 448 g/mol. The molecule has 1 saturated heterocycles. The number of likely N-dealkylation sites (N-methyl/N-ethyl adjacent to an activating group) is 1. The van der Waals surface area contributed by atoms with Crippen molar-refractivity contribution in [2.75, 3.05) is 42.9 Å². The minimum Gasteiger partial charge on any atom is -0.367 e. The zero-order valence-electron chi connectivity index (χ0n) is 16.0. The Morgan fingerprint density at radius 2 is 1.57 bits per heavy atom. The van der Waals surface area contributed by atoms with Gasteiger partial charge in [-0.1, -0.05) is 31.2 Å². The SMILES string of the molecule is CCN1CCN(c2ccccc2NC(=O)c2ccc(CN)cc2)CC1.Cl.Cl.Cl. The number of halogens is 3. The van der Waals surface area contributed by atoms with Gasteiger partial charge in [0.2, 0.25) is 0 Å². The van der Waals surface area contributed by atoms with E-state index in [1.165, 1.54) is 0 Å². The Balaban J connectivity index is 0.00000243. The van der Waals surface area contributed by atoms with E-state index in [1.54, 1.807) is 0 Å². The maximum atomic E-state index is 12.6. The zero-order chi connectivity index (χ0) is 17.6. The highest BCUT2D eigenvalue weighted by atomic mass is 35.5. The van der Waals surface area contributed by atoms with Crippen LogP contribution in [-0.4, -0.2) is 43.5 Å². The molecule has 5 nitrogen and oxygen atoms in total. The predicted molar refractivity (Wildman–Crippen MR) is 125 cm³/mol. The maximum Gasteiger partial charge on any atom is 0.255 e. The smallest absolute Gasteiger partial charge is 0.255 e. The minimum absolute atomic E-state index is 0. The summed E-state index contributed by atoms with van der Waals surface area (Å²) in [7, 11) is 0. The van der Waals surface area contributed by atoms with E-state index in [0.717, 1.165) is 49.7 Å². The molecule has 3 N–H and O–H groups in total. The maximum absolute atomic E-state index is 12.6. The molecular formula is C20H29Cl3N4O. The van der Waals surface area contributed by atoms with Crippen LogP contribution in [0.1, 0.15) is 22.8 Å². The van der Waals surface area contributed by atoms with Gasteiger partial charge in [-0.2, -0.15) is 0 Å². The molecule has 8 heteroatoms. The molecule has 0 atom stereocenters. The molecule has 0 unspecified atom stereocenters. The van der Waals surface area contributed by atoms with Gasteiger partial charge in [-0.05, 0) is 36.4 Å². The van der Waals surface area contributed by atoms with Crippen LogP contribution in [0.3, 0.4) is 0 Å². The number of hydrogen-bond acceptors (Lipinski definition) is 4. The number of carbonyl (C=O) groups is 1. The fourth-order valence-electron chi connectivity index (χ4n) is 3.15. The summed E-state index contributed by atoms with van der Waals surface area (Å²) in [6, 6.07) is 15.4. The number of benzene rings is 2. The highest BCUT2D eigenvalue weighted by Gasteiger charge is 2.19. The lowest BCUT2D eigenvalue weighted by Gasteiger charge is -2.36. The number of amides is 1.